The molecule has 0 aromatic heterocycles. The summed E-state index contributed by atoms with van der Waals surface area (Å²) in [4.78, 5) is 11.9. The van der Waals surface area contributed by atoms with Crippen molar-refractivity contribution in [1.29, 1.82) is 0 Å². The topological polar surface area (TPSA) is 62.7 Å². The van der Waals surface area contributed by atoms with Crippen molar-refractivity contribution >= 4 is 17.3 Å². The van der Waals surface area contributed by atoms with E-state index in [-0.39, 0.29) is 12.5 Å². The fourth-order valence-electron chi connectivity index (χ4n) is 2.01. The highest BCUT2D eigenvalue weighted by Gasteiger charge is 2.04. The molecule has 0 saturated carbocycles. The minimum atomic E-state index is -0.220. The van der Waals surface area contributed by atoms with Gasteiger partial charge in [-0.15, -0.1) is 0 Å². The van der Waals surface area contributed by atoms with Crippen molar-refractivity contribution in [2.24, 2.45) is 5.10 Å². The van der Waals surface area contributed by atoms with E-state index >= 15 is 0 Å². The molecule has 0 atom stereocenters. The van der Waals surface area contributed by atoms with Crippen LogP contribution >= 0.6 is 0 Å². The Kier molecular flexibility index (Phi) is 5.74. The Morgan fingerprint density at radius 3 is 2.52 bits per heavy atom. The number of nitrogens with one attached hydrogen (secondary N) is 2. The number of nitrogens with zero attached hydrogens (tertiary/aromatic N) is 1. The number of para-hydroxylation sites is 2. The van der Waals surface area contributed by atoms with Crippen LogP contribution in [-0.2, 0) is 4.79 Å². The summed E-state index contributed by atoms with van der Waals surface area (Å²) >= 11 is 0. The van der Waals surface area contributed by atoms with Crippen LogP contribution in [0.3, 0.4) is 0 Å². The van der Waals surface area contributed by atoms with Gasteiger partial charge in [0.05, 0.1) is 25.1 Å². The van der Waals surface area contributed by atoms with Crippen molar-refractivity contribution in [3.63, 3.8) is 0 Å². The van der Waals surface area contributed by atoms with Crippen LogP contribution in [0.2, 0.25) is 0 Å². The van der Waals surface area contributed by atoms with Crippen molar-refractivity contribution in [2.75, 3.05) is 19.0 Å². The molecule has 0 aliphatic heterocycles. The largest absolute Gasteiger partial charge is 0.495 e. The Labute approximate surface area is 136 Å². The lowest BCUT2D eigenvalue weighted by Crippen LogP contribution is -2.26. The van der Waals surface area contributed by atoms with E-state index < -0.39 is 0 Å². The van der Waals surface area contributed by atoms with Gasteiger partial charge in [0.15, 0.2) is 0 Å². The lowest BCUT2D eigenvalue weighted by Gasteiger charge is -2.10. The van der Waals surface area contributed by atoms with E-state index in [4.69, 9.17) is 4.74 Å². The Morgan fingerprint density at radius 1 is 1.13 bits per heavy atom. The third kappa shape index (κ3) is 4.85. The van der Waals surface area contributed by atoms with Gasteiger partial charge in [-0.3, -0.25) is 4.79 Å². The molecular weight excluding hydrogens is 290 g/mol. The van der Waals surface area contributed by atoms with Crippen LogP contribution in [0.4, 0.5) is 5.69 Å². The van der Waals surface area contributed by atoms with Crippen LogP contribution < -0.4 is 15.5 Å². The number of carbonyl (C=O) groups excluding carboxylic acids is 1. The van der Waals surface area contributed by atoms with Gasteiger partial charge in [-0.25, -0.2) is 5.43 Å². The molecule has 0 aliphatic rings. The highest BCUT2D eigenvalue weighted by Crippen LogP contribution is 2.22. The molecule has 0 saturated heterocycles. The molecular formula is C18H21N3O2. The summed E-state index contributed by atoms with van der Waals surface area (Å²) in [6, 6.07) is 15.4. The number of benzene rings is 2. The van der Waals surface area contributed by atoms with Crippen molar-refractivity contribution in [3.05, 3.63) is 59.7 Å². The van der Waals surface area contributed by atoms with E-state index in [1.165, 1.54) is 5.56 Å². The molecule has 1 amide bonds. The average molecular weight is 311 g/mol. The monoisotopic (exact) mass is 311 g/mol. The minimum absolute atomic E-state index is 0.116. The van der Waals surface area contributed by atoms with Gasteiger partial charge in [0.1, 0.15) is 5.75 Å². The number of methoxy groups -OCH3 is 1. The van der Waals surface area contributed by atoms with Gasteiger partial charge >= 0.3 is 0 Å². The first-order valence-electron chi connectivity index (χ1n) is 7.37. The smallest absolute Gasteiger partial charge is 0.259 e. The van der Waals surface area contributed by atoms with Gasteiger partial charge in [-0.1, -0.05) is 42.0 Å². The molecule has 5 heteroatoms. The molecule has 2 aromatic carbocycles. The second kappa shape index (κ2) is 7.98. The molecule has 5 nitrogen and oxygen atoms in total. The summed E-state index contributed by atoms with van der Waals surface area (Å²) in [6.07, 6.45) is 0. The Morgan fingerprint density at radius 2 is 1.83 bits per heavy atom. The molecule has 0 bridgehead atoms. The molecule has 23 heavy (non-hydrogen) atoms. The second-order valence-corrected chi connectivity index (χ2v) is 5.15. The number of ether oxygens (including phenoxy) is 1. The lowest BCUT2D eigenvalue weighted by molar-refractivity contribution is -0.119. The Hall–Kier alpha value is -2.82. The van der Waals surface area contributed by atoms with Gasteiger partial charge in [0, 0.05) is 0 Å². The summed E-state index contributed by atoms with van der Waals surface area (Å²) in [5, 5.41) is 7.15. The highest BCUT2D eigenvalue weighted by molar-refractivity contribution is 5.99. The third-order valence-corrected chi connectivity index (χ3v) is 3.36. The number of carbonyl (C=O) groups is 1. The standard InChI is InChI=1S/C18H21N3O2/c1-13-8-10-15(11-9-13)14(2)20-21-18(22)12-19-16-6-4-5-7-17(16)23-3/h4-11,19H,12H2,1-3H3,(H,21,22)/b20-14-. The van der Waals surface area contributed by atoms with Crippen LogP contribution in [0.5, 0.6) is 5.75 Å². The molecule has 120 valence electrons. The fourth-order valence-corrected chi connectivity index (χ4v) is 2.01. The number of anilines is 1. The summed E-state index contributed by atoms with van der Waals surface area (Å²) < 4.78 is 5.22. The van der Waals surface area contributed by atoms with Gasteiger partial charge in [0.2, 0.25) is 0 Å². The van der Waals surface area contributed by atoms with Crippen molar-refractivity contribution < 1.29 is 9.53 Å². The zero-order chi connectivity index (χ0) is 16.7. The molecule has 2 aromatic rings. The summed E-state index contributed by atoms with van der Waals surface area (Å²) in [7, 11) is 1.59. The van der Waals surface area contributed by atoms with Crippen molar-refractivity contribution in [3.8, 4) is 5.75 Å². The second-order valence-electron chi connectivity index (χ2n) is 5.15. The lowest BCUT2D eigenvalue weighted by atomic mass is 10.1. The molecule has 0 aliphatic carbocycles. The SMILES string of the molecule is COc1ccccc1NCC(=O)N/N=C(/C)c1ccc(C)cc1. The van der Waals surface area contributed by atoms with Crippen molar-refractivity contribution in [2.45, 2.75) is 13.8 Å². The number of hydrogen-bond acceptors (Lipinski definition) is 4. The highest BCUT2D eigenvalue weighted by atomic mass is 16.5. The molecule has 0 fully saturated rings. The molecule has 0 heterocycles. The number of hydrogen-bond donors (Lipinski definition) is 2. The molecule has 2 rings (SSSR count). The Balaban J connectivity index is 1.89. The normalized spacial score (nSPS) is 11.0. The molecule has 0 radical (unpaired) electrons. The summed E-state index contributed by atoms with van der Waals surface area (Å²) in [5.41, 5.74) is 6.24. The van der Waals surface area contributed by atoms with Gasteiger partial charge in [-0.2, -0.15) is 5.10 Å². The maximum atomic E-state index is 11.9. The minimum Gasteiger partial charge on any atom is -0.495 e. The zero-order valence-corrected chi connectivity index (χ0v) is 13.6. The van der Waals surface area contributed by atoms with Crippen LogP contribution in [0, 0.1) is 6.92 Å². The summed E-state index contributed by atoms with van der Waals surface area (Å²) in [5.74, 6) is 0.474. The first-order chi connectivity index (χ1) is 11.1. The predicted octanol–water partition coefficient (Wildman–Crippen LogP) is 2.96. The average Bonchev–Trinajstić information content (AvgIpc) is 2.58. The van der Waals surface area contributed by atoms with E-state index in [0.29, 0.717) is 5.75 Å². The van der Waals surface area contributed by atoms with E-state index in [2.05, 4.69) is 15.8 Å². The number of aryl methyl sites for hydroxylation is 1. The molecule has 0 unspecified atom stereocenters. The van der Waals surface area contributed by atoms with Crippen LogP contribution in [0.1, 0.15) is 18.1 Å². The zero-order valence-electron chi connectivity index (χ0n) is 13.6. The number of rotatable bonds is 6. The van der Waals surface area contributed by atoms with E-state index in [9.17, 15) is 4.79 Å². The van der Waals surface area contributed by atoms with Crippen LogP contribution in [-0.4, -0.2) is 25.3 Å². The van der Waals surface area contributed by atoms with Gasteiger partial charge in [-0.05, 0) is 31.5 Å². The predicted molar refractivity (Wildman–Crippen MR) is 93.0 cm³/mol. The maximum Gasteiger partial charge on any atom is 0.259 e. The van der Waals surface area contributed by atoms with Gasteiger partial charge in [0.25, 0.3) is 5.91 Å². The molecule has 0 spiro atoms. The first-order valence-corrected chi connectivity index (χ1v) is 7.37. The fraction of sp³-hybridized carbons (Fsp3) is 0.222. The van der Waals surface area contributed by atoms with Crippen LogP contribution in [0.25, 0.3) is 0 Å². The summed E-state index contributed by atoms with van der Waals surface area (Å²) in [6.45, 7) is 4.01. The number of amides is 1. The first kappa shape index (κ1) is 16.5. The third-order valence-electron chi connectivity index (χ3n) is 3.36. The Bertz CT molecular complexity index is 694. The van der Waals surface area contributed by atoms with Crippen LogP contribution in [0.15, 0.2) is 53.6 Å². The van der Waals surface area contributed by atoms with Gasteiger partial charge < -0.3 is 10.1 Å². The maximum absolute atomic E-state index is 11.9. The van der Waals surface area contributed by atoms with E-state index in [1.54, 1.807) is 7.11 Å². The quantitative estimate of drug-likeness (QED) is 0.637. The number of hydrazone groups is 1. The van der Waals surface area contributed by atoms with E-state index in [0.717, 1.165) is 17.0 Å². The van der Waals surface area contributed by atoms with Crippen molar-refractivity contribution in [1.82, 2.24) is 5.43 Å². The van der Waals surface area contributed by atoms with E-state index in [1.807, 2.05) is 62.4 Å². The molecule has 2 N–H and O–H groups in total.